The van der Waals surface area contributed by atoms with Crippen molar-refractivity contribution in [3.8, 4) is 0 Å². The Morgan fingerprint density at radius 3 is 2.50 bits per heavy atom. The summed E-state index contributed by atoms with van der Waals surface area (Å²) in [5.41, 5.74) is -0.796. The fourth-order valence-corrected chi connectivity index (χ4v) is 1.25. The lowest BCUT2D eigenvalue weighted by molar-refractivity contribution is 0.252. The van der Waals surface area contributed by atoms with Gasteiger partial charge in [0.15, 0.2) is 0 Å². The highest BCUT2D eigenvalue weighted by molar-refractivity contribution is 4.97. The maximum atomic E-state index is 13.0. The molecule has 0 aliphatic heterocycles. The molecule has 0 amide bonds. The lowest BCUT2D eigenvalue weighted by Crippen LogP contribution is -2.39. The van der Waals surface area contributed by atoms with Gasteiger partial charge in [0.25, 0.3) is 0 Å². The van der Waals surface area contributed by atoms with E-state index in [1.807, 2.05) is 0 Å². The second kappa shape index (κ2) is 2.19. The summed E-state index contributed by atoms with van der Waals surface area (Å²) < 4.78 is 13.0. The average Bonchev–Trinajstić information content (AvgIpc) is 2.44. The van der Waals surface area contributed by atoms with Crippen molar-refractivity contribution >= 4 is 0 Å². The molecule has 10 heavy (non-hydrogen) atoms. The predicted molar refractivity (Wildman–Crippen MR) is 38.7 cm³/mol. The van der Waals surface area contributed by atoms with Crippen molar-refractivity contribution in [3.63, 3.8) is 0 Å². The molecule has 0 heterocycles. The van der Waals surface area contributed by atoms with Gasteiger partial charge in [0.1, 0.15) is 5.67 Å². The molecule has 0 aromatic carbocycles. The highest BCUT2D eigenvalue weighted by Crippen LogP contribution is 2.39. The Balaban J connectivity index is 1.63. The van der Waals surface area contributed by atoms with E-state index in [0.29, 0.717) is 12.6 Å². The van der Waals surface area contributed by atoms with Crippen molar-refractivity contribution in [2.24, 2.45) is 0 Å². The molecule has 0 bridgehead atoms. The first-order valence-electron chi connectivity index (χ1n) is 4.21. The molecule has 2 heteroatoms. The molecule has 0 unspecified atom stereocenters. The van der Waals surface area contributed by atoms with E-state index in [0.717, 1.165) is 12.8 Å². The first kappa shape index (κ1) is 6.59. The molecular formula is C8H14FN. The highest BCUT2D eigenvalue weighted by Gasteiger charge is 2.43. The third-order valence-electron chi connectivity index (χ3n) is 2.61. The van der Waals surface area contributed by atoms with Crippen LogP contribution in [0.4, 0.5) is 4.39 Å². The Kier molecular flexibility index (Phi) is 1.44. The molecule has 0 saturated heterocycles. The molecule has 2 aliphatic carbocycles. The van der Waals surface area contributed by atoms with Crippen LogP contribution < -0.4 is 5.32 Å². The van der Waals surface area contributed by atoms with Gasteiger partial charge in [-0.05, 0) is 25.7 Å². The van der Waals surface area contributed by atoms with Gasteiger partial charge in [0, 0.05) is 12.6 Å². The van der Waals surface area contributed by atoms with Crippen LogP contribution in [0.1, 0.15) is 32.1 Å². The number of rotatable bonds is 3. The van der Waals surface area contributed by atoms with Crippen molar-refractivity contribution in [2.75, 3.05) is 6.54 Å². The number of hydrogen-bond acceptors (Lipinski definition) is 1. The third-order valence-corrected chi connectivity index (χ3v) is 2.61. The van der Waals surface area contributed by atoms with E-state index in [9.17, 15) is 4.39 Å². The van der Waals surface area contributed by atoms with Gasteiger partial charge in [-0.3, -0.25) is 0 Å². The fourth-order valence-electron chi connectivity index (χ4n) is 1.25. The summed E-state index contributed by atoms with van der Waals surface area (Å²) >= 11 is 0. The molecule has 0 radical (unpaired) electrons. The predicted octanol–water partition coefficient (Wildman–Crippen LogP) is 1.63. The Morgan fingerprint density at radius 1 is 1.40 bits per heavy atom. The molecule has 0 atom stereocenters. The van der Waals surface area contributed by atoms with E-state index < -0.39 is 5.67 Å². The minimum Gasteiger partial charge on any atom is -0.311 e. The summed E-state index contributed by atoms with van der Waals surface area (Å²) in [6.07, 6.45) is 5.42. The minimum absolute atomic E-state index is 0.609. The third kappa shape index (κ3) is 1.31. The van der Waals surface area contributed by atoms with Gasteiger partial charge in [-0.1, -0.05) is 6.42 Å². The van der Waals surface area contributed by atoms with Crippen LogP contribution in [0.15, 0.2) is 0 Å². The molecule has 58 valence electrons. The maximum Gasteiger partial charge on any atom is 0.123 e. The monoisotopic (exact) mass is 143 g/mol. The first-order chi connectivity index (χ1) is 4.79. The zero-order chi connectivity index (χ0) is 7.03. The molecule has 2 rings (SSSR count). The summed E-state index contributed by atoms with van der Waals surface area (Å²) in [6.45, 7) is 0.609. The zero-order valence-electron chi connectivity index (χ0n) is 6.20. The molecule has 2 saturated carbocycles. The van der Waals surface area contributed by atoms with Crippen molar-refractivity contribution in [1.29, 1.82) is 0 Å². The number of nitrogens with one attached hydrogen (secondary N) is 1. The lowest BCUT2D eigenvalue weighted by Gasteiger charge is -2.27. The number of halogens is 1. The summed E-state index contributed by atoms with van der Waals surface area (Å²) in [6, 6.07) is 0.647. The van der Waals surface area contributed by atoms with Crippen molar-refractivity contribution in [2.45, 2.75) is 43.8 Å². The van der Waals surface area contributed by atoms with Gasteiger partial charge in [-0.2, -0.15) is 0 Å². The van der Waals surface area contributed by atoms with E-state index in [-0.39, 0.29) is 0 Å². The molecule has 1 nitrogen and oxygen atoms in total. The van der Waals surface area contributed by atoms with Gasteiger partial charge in [-0.15, -0.1) is 0 Å². The van der Waals surface area contributed by atoms with Crippen molar-refractivity contribution in [3.05, 3.63) is 0 Å². The summed E-state index contributed by atoms with van der Waals surface area (Å²) in [4.78, 5) is 0. The Bertz CT molecular complexity index is 127. The molecule has 0 spiro atoms. The normalized spacial score (nSPS) is 29.7. The van der Waals surface area contributed by atoms with Gasteiger partial charge in [0.05, 0.1) is 0 Å². The van der Waals surface area contributed by atoms with Crippen LogP contribution in [-0.4, -0.2) is 18.3 Å². The van der Waals surface area contributed by atoms with Gasteiger partial charge >= 0.3 is 0 Å². The van der Waals surface area contributed by atoms with E-state index in [2.05, 4.69) is 5.32 Å². The highest BCUT2D eigenvalue weighted by atomic mass is 19.1. The largest absolute Gasteiger partial charge is 0.311 e. The lowest BCUT2D eigenvalue weighted by atomic mass is 9.93. The van der Waals surface area contributed by atoms with E-state index >= 15 is 0 Å². The summed E-state index contributed by atoms with van der Waals surface area (Å²) in [7, 11) is 0. The van der Waals surface area contributed by atoms with Crippen LogP contribution >= 0.6 is 0 Å². The van der Waals surface area contributed by atoms with Crippen LogP contribution in [0.2, 0.25) is 0 Å². The van der Waals surface area contributed by atoms with Gasteiger partial charge in [-0.25, -0.2) is 4.39 Å². The smallest absolute Gasteiger partial charge is 0.123 e. The second-order valence-corrected chi connectivity index (χ2v) is 3.66. The topological polar surface area (TPSA) is 12.0 Å². The van der Waals surface area contributed by atoms with Crippen LogP contribution in [-0.2, 0) is 0 Å². The Morgan fingerprint density at radius 2 is 2.10 bits per heavy atom. The Labute approximate surface area is 61.0 Å². The molecule has 2 fully saturated rings. The standard InChI is InChI=1S/C8H14FN/c9-8(4-5-8)6-10-7-2-1-3-7/h7,10H,1-6H2. The van der Waals surface area contributed by atoms with Crippen LogP contribution in [0, 0.1) is 0 Å². The van der Waals surface area contributed by atoms with Crippen LogP contribution in [0.25, 0.3) is 0 Å². The molecule has 0 aromatic rings. The average molecular weight is 143 g/mol. The summed E-state index contributed by atoms with van der Waals surface area (Å²) in [5, 5.41) is 3.25. The molecule has 0 aromatic heterocycles. The first-order valence-corrected chi connectivity index (χ1v) is 4.21. The quantitative estimate of drug-likeness (QED) is 0.633. The van der Waals surface area contributed by atoms with Gasteiger partial charge in [0.2, 0.25) is 0 Å². The second-order valence-electron chi connectivity index (χ2n) is 3.66. The van der Waals surface area contributed by atoms with E-state index in [1.54, 1.807) is 0 Å². The maximum absolute atomic E-state index is 13.0. The SMILES string of the molecule is FC1(CNC2CCC2)CC1. The van der Waals surface area contributed by atoms with Crippen LogP contribution in [0.5, 0.6) is 0 Å². The minimum atomic E-state index is -0.796. The van der Waals surface area contributed by atoms with Gasteiger partial charge < -0.3 is 5.32 Å². The Hall–Kier alpha value is -0.110. The zero-order valence-corrected chi connectivity index (χ0v) is 6.20. The molecular weight excluding hydrogens is 129 g/mol. The molecule has 1 N–H and O–H groups in total. The summed E-state index contributed by atoms with van der Waals surface area (Å²) in [5.74, 6) is 0. The number of hydrogen-bond donors (Lipinski definition) is 1. The van der Waals surface area contributed by atoms with Crippen molar-refractivity contribution in [1.82, 2.24) is 5.32 Å². The molecule has 2 aliphatic rings. The van der Waals surface area contributed by atoms with Crippen LogP contribution in [0.3, 0.4) is 0 Å². The van der Waals surface area contributed by atoms with E-state index in [1.165, 1.54) is 19.3 Å². The van der Waals surface area contributed by atoms with Crippen molar-refractivity contribution < 1.29 is 4.39 Å². The fraction of sp³-hybridized carbons (Fsp3) is 1.00. The van der Waals surface area contributed by atoms with E-state index in [4.69, 9.17) is 0 Å². The number of alkyl halides is 1.